The lowest BCUT2D eigenvalue weighted by Gasteiger charge is -2.33. The van der Waals surface area contributed by atoms with Gasteiger partial charge in [0.15, 0.2) is 11.5 Å². The molecule has 1 aromatic carbocycles. The molecule has 0 amide bonds. The Balaban J connectivity index is 1.47. The Morgan fingerprint density at radius 2 is 1.93 bits per heavy atom. The third-order valence-electron chi connectivity index (χ3n) is 7.68. The fourth-order valence-corrected chi connectivity index (χ4v) is 5.39. The van der Waals surface area contributed by atoms with Gasteiger partial charge in [-0.05, 0) is 48.2 Å². The fourth-order valence-electron chi connectivity index (χ4n) is 5.39. The van der Waals surface area contributed by atoms with Gasteiger partial charge in [-0.3, -0.25) is 4.79 Å². The second kappa shape index (κ2) is 9.10. The van der Waals surface area contributed by atoms with E-state index in [0.29, 0.717) is 29.8 Å². The number of halogens is 4. The summed E-state index contributed by atoms with van der Waals surface area (Å²) in [4.78, 5) is 26.0. The Morgan fingerprint density at radius 3 is 2.62 bits per heavy atom. The maximum Gasteiger partial charge on any atom is 0.408 e. The fraction of sp³-hybridized carbons (Fsp3) is 0.407. The van der Waals surface area contributed by atoms with Crippen LogP contribution in [0.5, 0.6) is 0 Å². The van der Waals surface area contributed by atoms with Crippen LogP contribution in [0.1, 0.15) is 43.5 Å². The van der Waals surface area contributed by atoms with Crippen LogP contribution in [0.25, 0.3) is 16.9 Å². The minimum atomic E-state index is -4.74. The molecule has 9 nitrogen and oxygen atoms in total. The molecule has 0 radical (unpaired) electrons. The molecule has 4 aromatic rings. The molecule has 4 heterocycles. The number of aliphatic hydroxyl groups is 1. The molecule has 0 atom stereocenters. The van der Waals surface area contributed by atoms with E-state index in [1.165, 1.54) is 17.8 Å². The molecule has 1 aliphatic carbocycles. The monoisotopic (exact) mass is 557 g/mol. The van der Waals surface area contributed by atoms with Crippen molar-refractivity contribution in [3.05, 3.63) is 69.5 Å². The second-order valence-electron chi connectivity index (χ2n) is 11.1. The van der Waals surface area contributed by atoms with Gasteiger partial charge in [-0.2, -0.15) is 18.2 Å². The standard InChI is InChI=1S/C27H27F4N7O2/c1-25(2)12-32-10-15-9-16(3-4-18(15)25)34-24-33-11-17-22(36-24)38(37(23(17)40)13-27(29,30)31)20-6-5-19(28)21(35-20)26(14-39)7-8-26/h3-6,9,11,32,39H,7-8,10,12-14H2,1-2H3,(H,33,34,36). The maximum absolute atomic E-state index is 14.7. The second-order valence-corrected chi connectivity index (χ2v) is 11.1. The lowest BCUT2D eigenvalue weighted by Crippen LogP contribution is -2.38. The van der Waals surface area contributed by atoms with E-state index < -0.39 is 29.5 Å². The molecule has 0 saturated heterocycles. The van der Waals surface area contributed by atoms with Crippen LogP contribution in [0, 0.1) is 5.82 Å². The normalized spacial score (nSPS) is 17.6. The Morgan fingerprint density at radius 1 is 1.15 bits per heavy atom. The first-order valence-electron chi connectivity index (χ1n) is 12.9. The summed E-state index contributed by atoms with van der Waals surface area (Å²) in [6, 6.07) is 8.11. The maximum atomic E-state index is 14.7. The van der Waals surface area contributed by atoms with E-state index in [0.717, 1.165) is 22.9 Å². The molecule has 0 unspecified atom stereocenters. The number of benzene rings is 1. The molecule has 2 aliphatic rings. The van der Waals surface area contributed by atoms with Crippen molar-refractivity contribution in [2.45, 2.75) is 56.8 Å². The van der Waals surface area contributed by atoms with Crippen LogP contribution in [0.15, 0.2) is 41.3 Å². The number of nitrogens with one attached hydrogen (secondary N) is 2. The van der Waals surface area contributed by atoms with Crippen molar-refractivity contribution in [1.29, 1.82) is 0 Å². The van der Waals surface area contributed by atoms with Crippen molar-refractivity contribution in [3.63, 3.8) is 0 Å². The molecule has 13 heteroatoms. The van der Waals surface area contributed by atoms with E-state index in [2.05, 4.69) is 39.4 Å². The summed E-state index contributed by atoms with van der Waals surface area (Å²) in [7, 11) is 0. The van der Waals surface area contributed by atoms with E-state index in [4.69, 9.17) is 0 Å². The lowest BCUT2D eigenvalue weighted by molar-refractivity contribution is -0.144. The Bertz CT molecular complexity index is 1690. The summed E-state index contributed by atoms with van der Waals surface area (Å²) in [5, 5.41) is 16.1. The van der Waals surface area contributed by atoms with Gasteiger partial charge >= 0.3 is 6.18 Å². The molecular weight excluding hydrogens is 530 g/mol. The number of pyridine rings is 1. The Labute approximate surface area is 225 Å². The van der Waals surface area contributed by atoms with Crippen LogP contribution in [0.3, 0.4) is 0 Å². The summed E-state index contributed by atoms with van der Waals surface area (Å²) in [5.41, 5.74) is 0.895. The van der Waals surface area contributed by atoms with Crippen molar-refractivity contribution >= 4 is 22.7 Å². The summed E-state index contributed by atoms with van der Waals surface area (Å²) in [5.74, 6) is -0.748. The predicted octanol–water partition coefficient (Wildman–Crippen LogP) is 3.83. The topological polar surface area (TPSA) is 110 Å². The number of aliphatic hydroxyl groups excluding tert-OH is 1. The minimum Gasteiger partial charge on any atom is -0.395 e. The van der Waals surface area contributed by atoms with Crippen LogP contribution in [-0.2, 0) is 23.9 Å². The van der Waals surface area contributed by atoms with E-state index >= 15 is 0 Å². The van der Waals surface area contributed by atoms with Gasteiger partial charge in [-0.15, -0.1) is 0 Å². The summed E-state index contributed by atoms with van der Waals surface area (Å²) in [6.45, 7) is 3.85. The molecule has 210 valence electrons. The zero-order valence-corrected chi connectivity index (χ0v) is 21.8. The van der Waals surface area contributed by atoms with Gasteiger partial charge in [0.25, 0.3) is 5.56 Å². The predicted molar refractivity (Wildman–Crippen MR) is 139 cm³/mol. The van der Waals surface area contributed by atoms with Gasteiger partial charge in [0, 0.05) is 35.8 Å². The summed E-state index contributed by atoms with van der Waals surface area (Å²) < 4.78 is 56.8. The molecule has 0 bridgehead atoms. The van der Waals surface area contributed by atoms with E-state index in [9.17, 15) is 27.5 Å². The number of nitrogens with zero attached hydrogens (tertiary/aromatic N) is 5. The van der Waals surface area contributed by atoms with Crippen LogP contribution in [0.2, 0.25) is 0 Å². The minimum absolute atomic E-state index is 0.0466. The number of anilines is 2. The molecule has 0 spiro atoms. The highest BCUT2D eigenvalue weighted by molar-refractivity contribution is 5.77. The molecular formula is C27H27F4N7O2. The summed E-state index contributed by atoms with van der Waals surface area (Å²) >= 11 is 0. The van der Waals surface area contributed by atoms with E-state index in [-0.39, 0.29) is 40.5 Å². The number of fused-ring (bicyclic) bond motifs is 2. The van der Waals surface area contributed by atoms with Gasteiger partial charge in [0.1, 0.15) is 17.7 Å². The lowest BCUT2D eigenvalue weighted by atomic mass is 9.79. The number of hydrogen-bond acceptors (Lipinski definition) is 7. The molecule has 1 saturated carbocycles. The van der Waals surface area contributed by atoms with Crippen molar-refractivity contribution in [1.82, 2.24) is 29.6 Å². The molecule has 3 N–H and O–H groups in total. The average molecular weight is 558 g/mol. The quantitative estimate of drug-likeness (QED) is 0.309. The largest absolute Gasteiger partial charge is 0.408 e. The summed E-state index contributed by atoms with van der Waals surface area (Å²) in [6.07, 6.45) is -2.59. The SMILES string of the molecule is CC1(C)CNCc2cc(Nc3ncc4c(=O)n(CC(F)(F)F)n(-c5ccc(F)c(C6(CO)CC6)n5)c4n3)ccc21. The molecule has 6 rings (SSSR count). The smallest absolute Gasteiger partial charge is 0.395 e. The molecule has 40 heavy (non-hydrogen) atoms. The number of alkyl halides is 3. The first kappa shape index (κ1) is 26.4. The van der Waals surface area contributed by atoms with Gasteiger partial charge in [-0.1, -0.05) is 19.9 Å². The highest BCUT2D eigenvalue weighted by Gasteiger charge is 2.47. The van der Waals surface area contributed by atoms with E-state index in [1.54, 1.807) is 0 Å². The van der Waals surface area contributed by atoms with Crippen LogP contribution in [0.4, 0.5) is 29.2 Å². The Hall–Kier alpha value is -3.84. The first-order valence-corrected chi connectivity index (χ1v) is 12.9. The van der Waals surface area contributed by atoms with Crippen molar-refractivity contribution in [3.8, 4) is 5.82 Å². The zero-order valence-electron chi connectivity index (χ0n) is 21.8. The molecule has 3 aromatic heterocycles. The number of hydrogen-bond donors (Lipinski definition) is 3. The van der Waals surface area contributed by atoms with Crippen LogP contribution in [-0.4, -0.2) is 48.8 Å². The molecule has 1 fully saturated rings. The third kappa shape index (κ3) is 4.52. The number of rotatable bonds is 6. The zero-order chi connectivity index (χ0) is 28.4. The van der Waals surface area contributed by atoms with Crippen molar-refractivity contribution in [2.24, 2.45) is 0 Å². The van der Waals surface area contributed by atoms with Gasteiger partial charge < -0.3 is 15.7 Å². The van der Waals surface area contributed by atoms with Crippen LogP contribution >= 0.6 is 0 Å². The van der Waals surface area contributed by atoms with Crippen LogP contribution < -0.4 is 16.2 Å². The van der Waals surface area contributed by atoms with Gasteiger partial charge in [0.05, 0.1) is 12.3 Å². The van der Waals surface area contributed by atoms with Gasteiger partial charge in [-0.25, -0.2) is 23.7 Å². The van der Waals surface area contributed by atoms with E-state index in [1.807, 2.05) is 18.2 Å². The van der Waals surface area contributed by atoms with Crippen molar-refractivity contribution in [2.75, 3.05) is 18.5 Å². The highest BCUT2D eigenvalue weighted by atomic mass is 19.4. The highest BCUT2D eigenvalue weighted by Crippen LogP contribution is 2.48. The average Bonchev–Trinajstić information content (AvgIpc) is 3.64. The number of aromatic nitrogens is 5. The van der Waals surface area contributed by atoms with Gasteiger partial charge in [0.2, 0.25) is 5.95 Å². The molecule has 1 aliphatic heterocycles. The van der Waals surface area contributed by atoms with Crippen molar-refractivity contribution < 1.29 is 22.7 Å². The Kier molecular flexibility index (Phi) is 6.00. The first-order chi connectivity index (χ1) is 18.9. The third-order valence-corrected chi connectivity index (χ3v) is 7.68.